The topological polar surface area (TPSA) is 71.1 Å². The van der Waals surface area contributed by atoms with Gasteiger partial charge in [-0.05, 0) is 12.0 Å². The molecule has 1 atom stereocenters. The van der Waals surface area contributed by atoms with E-state index in [9.17, 15) is 8.42 Å². The predicted molar refractivity (Wildman–Crippen MR) is 56.8 cm³/mol. The van der Waals surface area contributed by atoms with Crippen LogP contribution in [0.3, 0.4) is 0 Å². The molecule has 0 saturated heterocycles. The van der Waals surface area contributed by atoms with E-state index in [2.05, 4.69) is 15.0 Å². The molecule has 6 heteroatoms. The van der Waals surface area contributed by atoms with Crippen LogP contribution in [0.25, 0.3) is 0 Å². The molecular formula is C9H13N3O2S. The van der Waals surface area contributed by atoms with Crippen LogP contribution in [-0.4, -0.2) is 19.6 Å². The third-order valence-electron chi connectivity index (χ3n) is 2.33. The zero-order valence-corrected chi connectivity index (χ0v) is 9.38. The molecule has 2 N–H and O–H groups in total. The lowest BCUT2D eigenvalue weighted by Gasteiger charge is -2.30. The molecule has 1 aliphatic heterocycles. The first-order valence-corrected chi connectivity index (χ1v) is 6.22. The molecule has 5 nitrogen and oxygen atoms in total. The molecular weight excluding hydrogens is 214 g/mol. The van der Waals surface area contributed by atoms with Gasteiger partial charge in [-0.1, -0.05) is 13.8 Å². The first-order valence-electron chi connectivity index (χ1n) is 4.73. The second-order valence-corrected chi connectivity index (χ2v) is 5.54. The van der Waals surface area contributed by atoms with E-state index in [0.29, 0.717) is 5.69 Å². The molecule has 1 unspecified atom stereocenters. The van der Waals surface area contributed by atoms with Crippen LogP contribution < -0.4 is 10.0 Å². The maximum absolute atomic E-state index is 11.8. The van der Waals surface area contributed by atoms with Crippen molar-refractivity contribution in [2.75, 3.05) is 5.32 Å². The molecule has 0 fully saturated rings. The second-order valence-electron chi connectivity index (χ2n) is 3.86. The summed E-state index contributed by atoms with van der Waals surface area (Å²) in [4.78, 5) is 4.01. The molecule has 0 spiro atoms. The van der Waals surface area contributed by atoms with Gasteiger partial charge in [0, 0.05) is 12.4 Å². The fourth-order valence-electron chi connectivity index (χ4n) is 1.44. The number of hydrogen-bond donors (Lipinski definition) is 2. The first kappa shape index (κ1) is 10.4. The van der Waals surface area contributed by atoms with Crippen molar-refractivity contribution in [3.8, 4) is 0 Å². The van der Waals surface area contributed by atoms with Gasteiger partial charge >= 0.3 is 0 Å². The minimum atomic E-state index is -3.41. The van der Waals surface area contributed by atoms with Crippen LogP contribution in [0.2, 0.25) is 0 Å². The Labute approximate surface area is 89.0 Å². The van der Waals surface area contributed by atoms with Gasteiger partial charge in [-0.2, -0.15) is 4.72 Å². The van der Waals surface area contributed by atoms with Crippen LogP contribution in [-0.2, 0) is 10.0 Å². The summed E-state index contributed by atoms with van der Waals surface area (Å²) in [6, 6.07) is 1.67. The van der Waals surface area contributed by atoms with Gasteiger partial charge in [0.1, 0.15) is 4.90 Å². The summed E-state index contributed by atoms with van der Waals surface area (Å²) in [7, 11) is -3.41. The monoisotopic (exact) mass is 227 g/mol. The number of nitrogens with zero attached hydrogens (tertiary/aromatic N) is 1. The summed E-state index contributed by atoms with van der Waals surface area (Å²) >= 11 is 0. The summed E-state index contributed by atoms with van der Waals surface area (Å²) in [5, 5.41) is 3.12. The maximum atomic E-state index is 11.8. The van der Waals surface area contributed by atoms with Gasteiger partial charge in [-0.15, -0.1) is 0 Å². The molecule has 0 aromatic carbocycles. The molecule has 82 valence electrons. The minimum absolute atomic E-state index is 0.182. The lowest BCUT2D eigenvalue weighted by molar-refractivity contribution is 0.477. The van der Waals surface area contributed by atoms with Crippen molar-refractivity contribution in [1.82, 2.24) is 9.71 Å². The van der Waals surface area contributed by atoms with Crippen LogP contribution in [0.15, 0.2) is 23.4 Å². The molecule has 0 saturated carbocycles. The summed E-state index contributed by atoms with van der Waals surface area (Å²) in [6.07, 6.45) is 2.66. The average molecular weight is 227 g/mol. The third-order valence-corrected chi connectivity index (χ3v) is 3.80. The van der Waals surface area contributed by atoms with Gasteiger partial charge in [0.15, 0.2) is 0 Å². The van der Waals surface area contributed by atoms with Crippen LogP contribution in [0, 0.1) is 5.92 Å². The lowest BCUT2D eigenvalue weighted by atomic mass is 10.1. The molecule has 2 heterocycles. The van der Waals surface area contributed by atoms with Crippen molar-refractivity contribution >= 4 is 15.7 Å². The first-order chi connectivity index (χ1) is 7.00. The summed E-state index contributed by atoms with van der Waals surface area (Å²) in [6.45, 7) is 3.90. The molecule has 0 amide bonds. The van der Waals surface area contributed by atoms with Crippen LogP contribution >= 0.6 is 0 Å². The Hall–Kier alpha value is -1.14. The Morgan fingerprint density at radius 3 is 2.87 bits per heavy atom. The molecule has 0 aliphatic carbocycles. The van der Waals surface area contributed by atoms with Crippen LogP contribution in [0.1, 0.15) is 13.8 Å². The van der Waals surface area contributed by atoms with Gasteiger partial charge < -0.3 is 5.32 Å². The highest BCUT2D eigenvalue weighted by Gasteiger charge is 2.30. The van der Waals surface area contributed by atoms with E-state index >= 15 is 0 Å². The van der Waals surface area contributed by atoms with Crippen molar-refractivity contribution in [2.24, 2.45) is 5.92 Å². The minimum Gasteiger partial charge on any atom is -0.368 e. The Balaban J connectivity index is 2.49. The van der Waals surface area contributed by atoms with E-state index in [1.54, 1.807) is 12.3 Å². The smallest absolute Gasteiger partial charge is 0.245 e. The number of pyridine rings is 1. The highest BCUT2D eigenvalue weighted by Crippen LogP contribution is 2.25. The standard InChI is InChI=1S/C9H13N3O2S/c1-6(2)9-11-7-3-4-10-5-8(7)15(13,14)12-9/h3-6,9,11-12H,1-2H3. The number of fused-ring (bicyclic) bond motifs is 1. The summed E-state index contributed by atoms with van der Waals surface area (Å²) < 4.78 is 26.2. The van der Waals surface area contributed by atoms with E-state index < -0.39 is 10.0 Å². The molecule has 0 radical (unpaired) electrons. The van der Waals surface area contributed by atoms with Gasteiger partial charge in [0.05, 0.1) is 11.9 Å². The highest BCUT2D eigenvalue weighted by atomic mass is 32.2. The van der Waals surface area contributed by atoms with Crippen molar-refractivity contribution in [2.45, 2.75) is 24.9 Å². The van der Waals surface area contributed by atoms with Crippen molar-refractivity contribution in [3.63, 3.8) is 0 Å². The maximum Gasteiger partial charge on any atom is 0.245 e. The quantitative estimate of drug-likeness (QED) is 0.743. The predicted octanol–water partition coefficient (Wildman–Crippen LogP) is 0.767. The van der Waals surface area contributed by atoms with E-state index in [1.165, 1.54) is 6.20 Å². The van der Waals surface area contributed by atoms with E-state index in [1.807, 2.05) is 13.8 Å². The molecule has 1 aliphatic rings. The average Bonchev–Trinajstić information content (AvgIpc) is 2.16. The molecule has 2 rings (SSSR count). The normalized spacial score (nSPS) is 23.3. The van der Waals surface area contributed by atoms with Crippen molar-refractivity contribution in [3.05, 3.63) is 18.5 Å². The Morgan fingerprint density at radius 2 is 2.20 bits per heavy atom. The highest BCUT2D eigenvalue weighted by molar-refractivity contribution is 7.89. The van der Waals surface area contributed by atoms with Gasteiger partial charge in [-0.3, -0.25) is 4.98 Å². The number of aromatic nitrogens is 1. The van der Waals surface area contributed by atoms with Crippen molar-refractivity contribution in [1.29, 1.82) is 0 Å². The Kier molecular flexibility index (Phi) is 2.40. The lowest BCUT2D eigenvalue weighted by Crippen LogP contribution is -2.47. The molecule has 1 aromatic rings. The van der Waals surface area contributed by atoms with E-state index in [-0.39, 0.29) is 17.0 Å². The van der Waals surface area contributed by atoms with Crippen LogP contribution in [0.5, 0.6) is 0 Å². The number of rotatable bonds is 1. The number of hydrogen-bond acceptors (Lipinski definition) is 4. The van der Waals surface area contributed by atoms with Crippen LogP contribution in [0.4, 0.5) is 5.69 Å². The fourth-order valence-corrected chi connectivity index (χ4v) is 2.85. The molecule has 15 heavy (non-hydrogen) atoms. The molecule has 0 bridgehead atoms. The third kappa shape index (κ3) is 1.82. The summed E-state index contributed by atoms with van der Waals surface area (Å²) in [5.41, 5.74) is 0.613. The number of sulfonamides is 1. The SMILES string of the molecule is CC(C)C1Nc2ccncc2S(=O)(=O)N1. The zero-order valence-electron chi connectivity index (χ0n) is 8.56. The molecule has 1 aromatic heterocycles. The number of anilines is 1. The zero-order chi connectivity index (χ0) is 11.1. The Bertz CT molecular complexity index is 470. The second kappa shape index (κ2) is 3.46. The van der Waals surface area contributed by atoms with Crippen molar-refractivity contribution < 1.29 is 8.42 Å². The van der Waals surface area contributed by atoms with Gasteiger partial charge in [0.2, 0.25) is 10.0 Å². The number of nitrogens with one attached hydrogen (secondary N) is 2. The van der Waals surface area contributed by atoms with E-state index in [0.717, 1.165) is 0 Å². The largest absolute Gasteiger partial charge is 0.368 e. The summed E-state index contributed by atoms with van der Waals surface area (Å²) in [5.74, 6) is 0.182. The Morgan fingerprint density at radius 1 is 1.47 bits per heavy atom. The van der Waals surface area contributed by atoms with E-state index in [4.69, 9.17) is 0 Å². The van der Waals surface area contributed by atoms with Gasteiger partial charge in [0.25, 0.3) is 0 Å². The van der Waals surface area contributed by atoms with Gasteiger partial charge in [-0.25, -0.2) is 8.42 Å². The fraction of sp³-hybridized carbons (Fsp3) is 0.444.